The zero-order valence-corrected chi connectivity index (χ0v) is 12.5. The molecule has 0 saturated heterocycles. The van der Waals surface area contributed by atoms with Crippen molar-refractivity contribution in [3.8, 4) is 0 Å². The maximum atomic E-state index is 4.12. The maximum absolute atomic E-state index is 4.12. The van der Waals surface area contributed by atoms with E-state index < -0.39 is 0 Å². The lowest BCUT2D eigenvalue weighted by Crippen LogP contribution is -2.33. The van der Waals surface area contributed by atoms with Crippen LogP contribution in [0.5, 0.6) is 0 Å². The van der Waals surface area contributed by atoms with E-state index in [2.05, 4.69) is 46.5 Å². The van der Waals surface area contributed by atoms with Crippen LogP contribution >= 0.6 is 11.8 Å². The van der Waals surface area contributed by atoms with Crippen LogP contribution in [-0.4, -0.2) is 23.1 Å². The zero-order valence-electron chi connectivity index (χ0n) is 11.7. The number of hydrogen-bond donors (Lipinski definition) is 1. The lowest BCUT2D eigenvalue weighted by molar-refractivity contribution is 0.542. The van der Waals surface area contributed by atoms with Crippen LogP contribution in [-0.2, 0) is 0 Å². The fourth-order valence-electron chi connectivity index (χ4n) is 1.38. The van der Waals surface area contributed by atoms with Crippen LogP contribution in [0.1, 0.15) is 53.9 Å². The second-order valence-electron chi connectivity index (χ2n) is 5.38. The fourth-order valence-corrected chi connectivity index (χ4v) is 2.32. The van der Waals surface area contributed by atoms with Gasteiger partial charge in [-0.15, -0.1) is 0 Å². The molecule has 0 rings (SSSR count). The molecule has 0 aromatic carbocycles. The summed E-state index contributed by atoms with van der Waals surface area (Å²) >= 11 is 2.04. The SMILES string of the molecule is C=C(CC)CC(CSC(C)(C)C)NCCC. The lowest BCUT2D eigenvalue weighted by Gasteiger charge is -2.24. The van der Waals surface area contributed by atoms with Crippen molar-refractivity contribution in [2.45, 2.75) is 64.7 Å². The molecule has 0 aliphatic rings. The van der Waals surface area contributed by atoms with Gasteiger partial charge in [0.05, 0.1) is 0 Å². The summed E-state index contributed by atoms with van der Waals surface area (Å²) in [7, 11) is 0. The summed E-state index contributed by atoms with van der Waals surface area (Å²) in [5.74, 6) is 1.18. The second kappa shape index (κ2) is 8.19. The van der Waals surface area contributed by atoms with Crippen molar-refractivity contribution in [3.63, 3.8) is 0 Å². The third-order valence-corrected chi connectivity index (χ3v) is 3.87. The standard InChI is InChI=1S/C14H29NS/c1-7-9-15-13(10-12(3)8-2)11-16-14(4,5)6/h13,15H,3,7-11H2,1-2,4-6H3. The van der Waals surface area contributed by atoms with Crippen molar-refractivity contribution in [1.82, 2.24) is 5.32 Å². The summed E-state index contributed by atoms with van der Waals surface area (Å²) in [5, 5.41) is 3.63. The summed E-state index contributed by atoms with van der Waals surface area (Å²) in [4.78, 5) is 0. The Morgan fingerprint density at radius 3 is 2.38 bits per heavy atom. The molecule has 0 fully saturated rings. The highest BCUT2D eigenvalue weighted by Crippen LogP contribution is 2.25. The van der Waals surface area contributed by atoms with E-state index in [-0.39, 0.29) is 0 Å². The van der Waals surface area contributed by atoms with E-state index >= 15 is 0 Å². The van der Waals surface area contributed by atoms with E-state index in [1.807, 2.05) is 11.8 Å². The van der Waals surface area contributed by atoms with Crippen molar-refractivity contribution in [3.05, 3.63) is 12.2 Å². The molecule has 0 aromatic heterocycles. The molecular weight excluding hydrogens is 214 g/mol. The van der Waals surface area contributed by atoms with Gasteiger partial charge in [-0.25, -0.2) is 0 Å². The monoisotopic (exact) mass is 243 g/mol. The summed E-state index contributed by atoms with van der Waals surface area (Å²) < 4.78 is 0.361. The molecule has 0 aromatic rings. The van der Waals surface area contributed by atoms with Gasteiger partial charge in [-0.1, -0.05) is 46.8 Å². The third-order valence-electron chi connectivity index (χ3n) is 2.44. The molecule has 0 aliphatic heterocycles. The molecule has 1 atom stereocenters. The largest absolute Gasteiger partial charge is 0.313 e. The molecule has 0 spiro atoms. The highest BCUT2D eigenvalue weighted by Gasteiger charge is 2.15. The predicted octanol–water partition coefficient (Wildman–Crippen LogP) is 4.24. The average Bonchev–Trinajstić information content (AvgIpc) is 2.20. The van der Waals surface area contributed by atoms with Gasteiger partial charge in [0.1, 0.15) is 0 Å². The molecule has 2 heteroatoms. The normalized spacial score (nSPS) is 13.8. The minimum absolute atomic E-state index is 0.361. The highest BCUT2D eigenvalue weighted by atomic mass is 32.2. The third kappa shape index (κ3) is 9.29. The van der Waals surface area contributed by atoms with Crippen molar-refractivity contribution in [1.29, 1.82) is 0 Å². The fraction of sp³-hybridized carbons (Fsp3) is 0.857. The Kier molecular flexibility index (Phi) is 8.21. The van der Waals surface area contributed by atoms with Crippen LogP contribution in [0.25, 0.3) is 0 Å². The second-order valence-corrected chi connectivity index (χ2v) is 7.23. The Morgan fingerprint density at radius 1 is 1.31 bits per heavy atom. The van der Waals surface area contributed by atoms with E-state index in [4.69, 9.17) is 0 Å². The van der Waals surface area contributed by atoms with Crippen LogP contribution in [0.2, 0.25) is 0 Å². The van der Waals surface area contributed by atoms with Gasteiger partial charge in [-0.3, -0.25) is 0 Å². The smallest absolute Gasteiger partial charge is 0.0195 e. The first-order valence-electron chi connectivity index (χ1n) is 6.43. The molecule has 0 heterocycles. The Bertz CT molecular complexity index is 193. The predicted molar refractivity (Wildman–Crippen MR) is 78.3 cm³/mol. The topological polar surface area (TPSA) is 12.0 Å². The molecule has 96 valence electrons. The van der Waals surface area contributed by atoms with Gasteiger partial charge < -0.3 is 5.32 Å². The first kappa shape index (κ1) is 16.1. The van der Waals surface area contributed by atoms with E-state index in [0.717, 1.165) is 19.4 Å². The van der Waals surface area contributed by atoms with Crippen LogP contribution < -0.4 is 5.32 Å². The summed E-state index contributed by atoms with van der Waals surface area (Å²) in [6.07, 6.45) is 3.43. The Labute approximate surface area is 106 Å². The van der Waals surface area contributed by atoms with Crippen LogP contribution in [0.4, 0.5) is 0 Å². The summed E-state index contributed by atoms with van der Waals surface area (Å²) in [5.41, 5.74) is 1.36. The molecule has 0 amide bonds. The van der Waals surface area contributed by atoms with Crippen molar-refractivity contribution >= 4 is 11.8 Å². The summed E-state index contributed by atoms with van der Waals surface area (Å²) in [6.45, 7) is 16.5. The van der Waals surface area contributed by atoms with Gasteiger partial charge in [0.2, 0.25) is 0 Å². The van der Waals surface area contributed by atoms with Gasteiger partial charge in [0.25, 0.3) is 0 Å². The number of thioether (sulfide) groups is 1. The van der Waals surface area contributed by atoms with E-state index in [1.165, 1.54) is 17.7 Å². The molecule has 1 nitrogen and oxygen atoms in total. The zero-order chi connectivity index (χ0) is 12.6. The van der Waals surface area contributed by atoms with Gasteiger partial charge in [0, 0.05) is 16.5 Å². The molecule has 0 saturated carbocycles. The first-order valence-corrected chi connectivity index (χ1v) is 7.41. The quantitative estimate of drug-likeness (QED) is 0.640. The molecule has 0 bridgehead atoms. The first-order chi connectivity index (χ1) is 7.39. The van der Waals surface area contributed by atoms with E-state index in [9.17, 15) is 0 Å². The number of nitrogens with one attached hydrogen (secondary N) is 1. The average molecular weight is 243 g/mol. The molecule has 1 N–H and O–H groups in total. The maximum Gasteiger partial charge on any atom is 0.0195 e. The van der Waals surface area contributed by atoms with E-state index in [0.29, 0.717) is 10.8 Å². The van der Waals surface area contributed by atoms with Crippen LogP contribution in [0.3, 0.4) is 0 Å². The molecule has 1 unspecified atom stereocenters. The Balaban J connectivity index is 4.04. The van der Waals surface area contributed by atoms with Gasteiger partial charge in [0.15, 0.2) is 0 Å². The minimum atomic E-state index is 0.361. The molecule has 0 radical (unpaired) electrons. The molecule has 0 aliphatic carbocycles. The summed E-state index contributed by atoms with van der Waals surface area (Å²) in [6, 6.07) is 0.594. The number of hydrogen-bond acceptors (Lipinski definition) is 2. The molecule has 16 heavy (non-hydrogen) atoms. The Morgan fingerprint density at radius 2 is 1.94 bits per heavy atom. The van der Waals surface area contributed by atoms with Gasteiger partial charge in [-0.05, 0) is 25.8 Å². The van der Waals surface area contributed by atoms with Gasteiger partial charge in [-0.2, -0.15) is 11.8 Å². The van der Waals surface area contributed by atoms with Crippen molar-refractivity contribution in [2.24, 2.45) is 0 Å². The minimum Gasteiger partial charge on any atom is -0.313 e. The number of rotatable bonds is 8. The van der Waals surface area contributed by atoms with E-state index in [1.54, 1.807) is 0 Å². The van der Waals surface area contributed by atoms with Crippen LogP contribution in [0, 0.1) is 0 Å². The van der Waals surface area contributed by atoms with Crippen LogP contribution in [0.15, 0.2) is 12.2 Å². The van der Waals surface area contributed by atoms with Crippen molar-refractivity contribution < 1.29 is 0 Å². The highest BCUT2D eigenvalue weighted by molar-refractivity contribution is 8.00. The lowest BCUT2D eigenvalue weighted by atomic mass is 10.1. The Hall–Kier alpha value is 0.0500. The molecular formula is C14H29NS. The van der Waals surface area contributed by atoms with Gasteiger partial charge >= 0.3 is 0 Å². The van der Waals surface area contributed by atoms with Crippen molar-refractivity contribution in [2.75, 3.05) is 12.3 Å².